The summed E-state index contributed by atoms with van der Waals surface area (Å²) in [5, 5.41) is 0. The highest BCUT2D eigenvalue weighted by Gasteiger charge is 2.38. The monoisotopic (exact) mass is 374 g/mol. The van der Waals surface area contributed by atoms with E-state index in [4.69, 9.17) is 5.73 Å². The number of ether oxygens (including phenoxy) is 1. The zero-order valence-corrected chi connectivity index (χ0v) is 14.9. The van der Waals surface area contributed by atoms with Crippen LogP contribution in [0.15, 0.2) is 53.4 Å². The van der Waals surface area contributed by atoms with Crippen molar-refractivity contribution in [2.75, 3.05) is 7.11 Å². The predicted octanol–water partition coefficient (Wildman–Crippen LogP) is 1.07. The first-order valence-corrected chi connectivity index (χ1v) is 9.35. The summed E-state index contributed by atoms with van der Waals surface area (Å²) < 4.78 is 31.9. The van der Waals surface area contributed by atoms with Crippen LogP contribution in [0, 0.1) is 0 Å². The maximum Gasteiger partial charge on any atom is 0.337 e. The summed E-state index contributed by atoms with van der Waals surface area (Å²) in [6.07, 6.45) is 0.227. The van der Waals surface area contributed by atoms with E-state index in [0.717, 1.165) is 15.4 Å². The number of carbonyl (C=O) groups is 2. The van der Waals surface area contributed by atoms with Crippen molar-refractivity contribution in [1.82, 2.24) is 4.31 Å². The lowest BCUT2D eigenvalue weighted by molar-refractivity contribution is -0.122. The number of nitrogens with zero attached hydrogens (tertiary/aromatic N) is 1. The van der Waals surface area contributed by atoms with Crippen LogP contribution in [0.2, 0.25) is 0 Å². The number of benzene rings is 2. The number of sulfonamides is 1. The van der Waals surface area contributed by atoms with E-state index in [2.05, 4.69) is 4.74 Å². The van der Waals surface area contributed by atoms with Gasteiger partial charge in [-0.1, -0.05) is 24.3 Å². The molecule has 3 rings (SSSR count). The van der Waals surface area contributed by atoms with Crippen molar-refractivity contribution in [3.8, 4) is 0 Å². The summed E-state index contributed by atoms with van der Waals surface area (Å²) in [5.41, 5.74) is 7.44. The van der Waals surface area contributed by atoms with Gasteiger partial charge in [-0.15, -0.1) is 0 Å². The molecular formula is C18H18N2O5S. The molecule has 0 radical (unpaired) electrons. The second-order valence-electron chi connectivity index (χ2n) is 5.96. The molecule has 1 heterocycles. The molecule has 8 heteroatoms. The van der Waals surface area contributed by atoms with Crippen LogP contribution in [0.3, 0.4) is 0 Å². The SMILES string of the molecule is COC(=O)c1ccc(S(=O)(=O)N2Cc3ccccc3CC2C(N)=O)cc1. The van der Waals surface area contributed by atoms with E-state index in [0.29, 0.717) is 0 Å². The van der Waals surface area contributed by atoms with Gasteiger partial charge >= 0.3 is 5.97 Å². The molecule has 0 bridgehead atoms. The first-order chi connectivity index (χ1) is 12.3. The Morgan fingerprint density at radius 1 is 1.08 bits per heavy atom. The number of hydrogen-bond acceptors (Lipinski definition) is 5. The summed E-state index contributed by atoms with van der Waals surface area (Å²) in [5.74, 6) is -1.26. The number of esters is 1. The maximum atomic E-state index is 13.1. The number of amides is 1. The van der Waals surface area contributed by atoms with Gasteiger partial charge in [-0.2, -0.15) is 4.31 Å². The molecule has 0 aliphatic carbocycles. The molecule has 1 aliphatic rings. The van der Waals surface area contributed by atoms with Gasteiger partial charge in [-0.25, -0.2) is 13.2 Å². The molecule has 0 spiro atoms. The Morgan fingerprint density at radius 3 is 2.27 bits per heavy atom. The van der Waals surface area contributed by atoms with Gasteiger partial charge in [0.1, 0.15) is 6.04 Å². The van der Waals surface area contributed by atoms with E-state index in [-0.39, 0.29) is 23.4 Å². The molecule has 2 N–H and O–H groups in total. The Hall–Kier alpha value is -2.71. The van der Waals surface area contributed by atoms with Gasteiger partial charge in [0.15, 0.2) is 0 Å². The summed E-state index contributed by atoms with van der Waals surface area (Å²) in [6.45, 7) is 0.0604. The van der Waals surface area contributed by atoms with Crippen LogP contribution in [-0.4, -0.2) is 37.8 Å². The normalized spacial score (nSPS) is 17.3. The third-order valence-corrected chi connectivity index (χ3v) is 6.28. The fourth-order valence-electron chi connectivity index (χ4n) is 3.01. The summed E-state index contributed by atoms with van der Waals surface area (Å²) >= 11 is 0. The molecule has 2 aromatic rings. The molecule has 0 aromatic heterocycles. The van der Waals surface area contributed by atoms with Crippen LogP contribution >= 0.6 is 0 Å². The summed E-state index contributed by atoms with van der Waals surface area (Å²) in [6, 6.07) is 11.8. The Morgan fingerprint density at radius 2 is 1.69 bits per heavy atom. The second kappa shape index (κ2) is 6.89. The van der Waals surface area contributed by atoms with Crippen LogP contribution in [0.5, 0.6) is 0 Å². The number of methoxy groups -OCH3 is 1. The van der Waals surface area contributed by atoms with E-state index < -0.39 is 27.9 Å². The molecule has 0 saturated carbocycles. The quantitative estimate of drug-likeness (QED) is 0.806. The highest BCUT2D eigenvalue weighted by Crippen LogP contribution is 2.29. The van der Waals surface area contributed by atoms with Gasteiger partial charge in [0.2, 0.25) is 15.9 Å². The molecule has 1 aliphatic heterocycles. The highest BCUT2D eigenvalue weighted by atomic mass is 32.2. The molecule has 0 saturated heterocycles. The van der Waals surface area contributed by atoms with Crippen LogP contribution in [0.25, 0.3) is 0 Å². The average Bonchev–Trinajstić information content (AvgIpc) is 2.66. The van der Waals surface area contributed by atoms with Crippen LogP contribution in [0.1, 0.15) is 21.5 Å². The van der Waals surface area contributed by atoms with E-state index >= 15 is 0 Å². The van der Waals surface area contributed by atoms with Crippen LogP contribution in [-0.2, 0) is 32.5 Å². The summed E-state index contributed by atoms with van der Waals surface area (Å²) in [4.78, 5) is 23.4. The molecular weight excluding hydrogens is 356 g/mol. The molecule has 7 nitrogen and oxygen atoms in total. The molecule has 0 fully saturated rings. The zero-order valence-electron chi connectivity index (χ0n) is 14.1. The minimum atomic E-state index is -3.97. The topological polar surface area (TPSA) is 107 Å². The minimum Gasteiger partial charge on any atom is -0.465 e. The van der Waals surface area contributed by atoms with E-state index in [1.54, 1.807) is 0 Å². The Kier molecular flexibility index (Phi) is 4.80. The minimum absolute atomic E-state index is 0.0178. The first-order valence-electron chi connectivity index (χ1n) is 7.91. The number of nitrogens with two attached hydrogens (primary N) is 1. The van der Waals surface area contributed by atoms with Crippen molar-refractivity contribution < 1.29 is 22.7 Å². The number of fused-ring (bicyclic) bond motifs is 1. The van der Waals surface area contributed by atoms with Crippen molar-refractivity contribution in [3.05, 3.63) is 65.2 Å². The van der Waals surface area contributed by atoms with Crippen molar-refractivity contribution in [2.24, 2.45) is 5.73 Å². The van der Waals surface area contributed by atoms with E-state index in [1.807, 2.05) is 24.3 Å². The third kappa shape index (κ3) is 3.21. The fraction of sp³-hybridized carbons (Fsp3) is 0.222. The second-order valence-corrected chi connectivity index (χ2v) is 7.85. The predicted molar refractivity (Wildman–Crippen MR) is 93.6 cm³/mol. The standard InChI is InChI=1S/C18H18N2O5S/c1-25-18(22)12-6-8-15(9-7-12)26(23,24)20-11-14-5-3-2-4-13(14)10-16(20)17(19)21/h2-9,16H,10-11H2,1H3,(H2,19,21). The molecule has 1 unspecified atom stereocenters. The average molecular weight is 374 g/mol. The largest absolute Gasteiger partial charge is 0.465 e. The van der Waals surface area contributed by atoms with Gasteiger partial charge < -0.3 is 10.5 Å². The van der Waals surface area contributed by atoms with Gasteiger partial charge in [-0.3, -0.25) is 4.79 Å². The van der Waals surface area contributed by atoms with Gasteiger partial charge in [0.25, 0.3) is 0 Å². The number of primary amides is 1. The van der Waals surface area contributed by atoms with E-state index in [9.17, 15) is 18.0 Å². The molecule has 1 amide bonds. The Labute approximate surface area is 151 Å². The molecule has 1 atom stereocenters. The number of rotatable bonds is 4. The number of hydrogen-bond donors (Lipinski definition) is 1. The summed E-state index contributed by atoms with van der Waals surface area (Å²) in [7, 11) is -2.72. The van der Waals surface area contributed by atoms with Crippen LogP contribution < -0.4 is 5.73 Å². The van der Waals surface area contributed by atoms with E-state index in [1.165, 1.54) is 31.4 Å². The Balaban J connectivity index is 1.99. The van der Waals surface area contributed by atoms with Crippen molar-refractivity contribution >= 4 is 21.9 Å². The lowest BCUT2D eigenvalue weighted by Crippen LogP contribution is -2.50. The Bertz CT molecular complexity index is 954. The molecule has 2 aromatic carbocycles. The van der Waals surface area contributed by atoms with Crippen molar-refractivity contribution in [1.29, 1.82) is 0 Å². The van der Waals surface area contributed by atoms with Crippen molar-refractivity contribution in [3.63, 3.8) is 0 Å². The van der Waals surface area contributed by atoms with Crippen LogP contribution in [0.4, 0.5) is 0 Å². The third-order valence-electron chi connectivity index (χ3n) is 4.42. The molecule has 26 heavy (non-hydrogen) atoms. The zero-order chi connectivity index (χ0) is 18.9. The maximum absolute atomic E-state index is 13.1. The molecule has 136 valence electrons. The fourth-order valence-corrected chi connectivity index (χ4v) is 4.58. The lowest BCUT2D eigenvalue weighted by Gasteiger charge is -2.34. The smallest absolute Gasteiger partial charge is 0.337 e. The van der Waals surface area contributed by atoms with Gasteiger partial charge in [0.05, 0.1) is 17.6 Å². The van der Waals surface area contributed by atoms with Gasteiger partial charge in [-0.05, 0) is 41.8 Å². The number of carbonyl (C=O) groups excluding carboxylic acids is 2. The first kappa shape index (κ1) is 18.1. The van der Waals surface area contributed by atoms with Crippen molar-refractivity contribution in [2.45, 2.75) is 23.9 Å². The lowest BCUT2D eigenvalue weighted by atomic mass is 9.96. The van der Waals surface area contributed by atoms with Gasteiger partial charge in [0, 0.05) is 6.54 Å². The highest BCUT2D eigenvalue weighted by molar-refractivity contribution is 7.89.